The number of aromatic nitrogens is 1. The van der Waals surface area contributed by atoms with E-state index in [9.17, 15) is 0 Å². The van der Waals surface area contributed by atoms with E-state index in [0.717, 1.165) is 41.8 Å². The van der Waals surface area contributed by atoms with E-state index >= 15 is 0 Å². The monoisotopic (exact) mass is 243 g/mol. The highest BCUT2D eigenvalue weighted by Crippen LogP contribution is 2.28. The molecule has 1 atom stereocenters. The first-order valence-electron chi connectivity index (χ1n) is 6.20. The van der Waals surface area contributed by atoms with Crippen LogP contribution in [0.3, 0.4) is 0 Å². The molecule has 0 saturated carbocycles. The summed E-state index contributed by atoms with van der Waals surface area (Å²) in [6, 6.07) is 7.97. The number of hydrogen-bond donors (Lipinski definition) is 1. The molecule has 1 aromatic heterocycles. The maximum atomic E-state index is 5.82. The molecule has 1 aromatic carbocycles. The second-order valence-corrected chi connectivity index (χ2v) is 4.71. The van der Waals surface area contributed by atoms with Crippen LogP contribution < -0.4 is 10.6 Å². The third-order valence-electron chi connectivity index (χ3n) is 3.55. The summed E-state index contributed by atoms with van der Waals surface area (Å²) in [6.07, 6.45) is 3.22. The molecule has 3 rings (SSSR count). The largest absolute Gasteiger partial charge is 0.399 e. The lowest BCUT2D eigenvalue weighted by Gasteiger charge is -2.19. The lowest BCUT2D eigenvalue weighted by Crippen LogP contribution is -2.23. The fraction of sp³-hybridized carbons (Fsp3) is 0.357. The molecule has 4 nitrogen and oxygen atoms in total. The molecule has 4 heteroatoms. The molecule has 94 valence electrons. The van der Waals surface area contributed by atoms with E-state index in [1.54, 1.807) is 7.11 Å². The van der Waals surface area contributed by atoms with Crippen molar-refractivity contribution in [2.24, 2.45) is 0 Å². The Hall–Kier alpha value is -1.81. The zero-order valence-electron chi connectivity index (χ0n) is 10.5. The molecule has 18 heavy (non-hydrogen) atoms. The Morgan fingerprint density at radius 2 is 2.28 bits per heavy atom. The number of rotatable bonds is 2. The number of anilines is 2. The standard InChI is InChI=1S/C14H17N3O/c1-18-12-5-7-17(9-12)14-13-3-2-11(15)8-10(13)4-6-16-14/h2-4,6,8,12H,5,7,9,15H2,1H3/t12-/m0/s1. The Balaban J connectivity index is 2.02. The third kappa shape index (κ3) is 1.88. The lowest BCUT2D eigenvalue weighted by molar-refractivity contribution is 0.121. The SMILES string of the molecule is CO[C@H]1CCN(c2nccc3cc(N)ccc23)C1. The first kappa shape index (κ1) is 11.3. The highest BCUT2D eigenvalue weighted by Gasteiger charge is 2.24. The van der Waals surface area contributed by atoms with Gasteiger partial charge in [0.05, 0.1) is 6.10 Å². The molecule has 1 aliphatic rings. The van der Waals surface area contributed by atoms with Crippen LogP contribution in [0.4, 0.5) is 11.5 Å². The number of hydrogen-bond acceptors (Lipinski definition) is 4. The summed E-state index contributed by atoms with van der Waals surface area (Å²) in [7, 11) is 1.77. The van der Waals surface area contributed by atoms with Crippen LogP contribution in [0.2, 0.25) is 0 Å². The molecule has 2 N–H and O–H groups in total. The van der Waals surface area contributed by atoms with Crippen molar-refractivity contribution in [3.05, 3.63) is 30.5 Å². The van der Waals surface area contributed by atoms with Crippen LogP contribution in [-0.2, 0) is 4.74 Å². The number of methoxy groups -OCH3 is 1. The van der Waals surface area contributed by atoms with Gasteiger partial charge in [-0.25, -0.2) is 4.98 Å². The van der Waals surface area contributed by atoms with E-state index < -0.39 is 0 Å². The summed E-state index contributed by atoms with van der Waals surface area (Å²) in [5.41, 5.74) is 6.60. The van der Waals surface area contributed by atoms with Crippen LogP contribution in [0.1, 0.15) is 6.42 Å². The minimum Gasteiger partial charge on any atom is -0.399 e. The van der Waals surface area contributed by atoms with Gasteiger partial charge in [0.1, 0.15) is 5.82 Å². The Morgan fingerprint density at radius 1 is 1.39 bits per heavy atom. The zero-order valence-corrected chi connectivity index (χ0v) is 10.5. The van der Waals surface area contributed by atoms with Crippen LogP contribution in [-0.4, -0.2) is 31.3 Å². The van der Waals surface area contributed by atoms with Crippen molar-refractivity contribution in [1.82, 2.24) is 4.98 Å². The Kier molecular flexibility index (Phi) is 2.80. The molecule has 0 amide bonds. The van der Waals surface area contributed by atoms with Crippen molar-refractivity contribution in [2.75, 3.05) is 30.8 Å². The van der Waals surface area contributed by atoms with Crippen molar-refractivity contribution < 1.29 is 4.74 Å². The highest BCUT2D eigenvalue weighted by atomic mass is 16.5. The zero-order chi connectivity index (χ0) is 12.5. The van der Waals surface area contributed by atoms with Crippen LogP contribution in [0.25, 0.3) is 10.8 Å². The van der Waals surface area contributed by atoms with Gasteiger partial charge in [-0.2, -0.15) is 0 Å². The van der Waals surface area contributed by atoms with Crippen LogP contribution in [0.15, 0.2) is 30.5 Å². The number of pyridine rings is 1. The van der Waals surface area contributed by atoms with Gasteiger partial charge in [-0.3, -0.25) is 0 Å². The lowest BCUT2D eigenvalue weighted by atomic mass is 10.1. The summed E-state index contributed by atoms with van der Waals surface area (Å²) in [5, 5.41) is 2.30. The van der Waals surface area contributed by atoms with E-state index in [0.29, 0.717) is 6.10 Å². The van der Waals surface area contributed by atoms with Crippen molar-refractivity contribution in [2.45, 2.75) is 12.5 Å². The van der Waals surface area contributed by atoms with Gasteiger partial charge in [0, 0.05) is 37.5 Å². The number of nitrogens with zero attached hydrogens (tertiary/aromatic N) is 2. The summed E-state index contributed by atoms with van der Waals surface area (Å²) >= 11 is 0. The van der Waals surface area contributed by atoms with E-state index in [4.69, 9.17) is 10.5 Å². The summed E-state index contributed by atoms with van der Waals surface area (Å²) in [4.78, 5) is 6.80. The predicted molar refractivity (Wildman–Crippen MR) is 73.8 cm³/mol. The third-order valence-corrected chi connectivity index (χ3v) is 3.55. The maximum Gasteiger partial charge on any atom is 0.136 e. The average molecular weight is 243 g/mol. The topological polar surface area (TPSA) is 51.4 Å². The normalized spacial score (nSPS) is 19.6. The van der Waals surface area contributed by atoms with Gasteiger partial charge in [-0.1, -0.05) is 0 Å². The minimum atomic E-state index is 0.316. The number of nitrogen functional groups attached to an aromatic ring is 1. The van der Waals surface area contributed by atoms with Gasteiger partial charge in [0.15, 0.2) is 0 Å². The van der Waals surface area contributed by atoms with Gasteiger partial charge < -0.3 is 15.4 Å². The first-order chi connectivity index (χ1) is 8.78. The van der Waals surface area contributed by atoms with Crippen LogP contribution in [0, 0.1) is 0 Å². The number of benzene rings is 1. The van der Waals surface area contributed by atoms with Crippen LogP contribution >= 0.6 is 0 Å². The molecule has 0 bridgehead atoms. The summed E-state index contributed by atoms with van der Waals surface area (Å²) in [5.74, 6) is 1.03. The summed E-state index contributed by atoms with van der Waals surface area (Å²) < 4.78 is 5.40. The fourth-order valence-corrected chi connectivity index (χ4v) is 2.55. The molecule has 0 radical (unpaired) electrons. The molecular formula is C14H17N3O. The van der Waals surface area contributed by atoms with Crippen molar-refractivity contribution in [3.63, 3.8) is 0 Å². The summed E-state index contributed by atoms with van der Waals surface area (Å²) in [6.45, 7) is 1.90. The number of fused-ring (bicyclic) bond motifs is 1. The van der Waals surface area contributed by atoms with Gasteiger partial charge in [0.25, 0.3) is 0 Å². The van der Waals surface area contributed by atoms with Gasteiger partial charge in [-0.05, 0) is 36.1 Å². The van der Waals surface area contributed by atoms with Crippen LogP contribution in [0.5, 0.6) is 0 Å². The first-order valence-corrected chi connectivity index (χ1v) is 6.20. The smallest absolute Gasteiger partial charge is 0.136 e. The van der Waals surface area contributed by atoms with E-state index in [2.05, 4.69) is 9.88 Å². The number of nitrogens with two attached hydrogens (primary N) is 1. The molecule has 1 saturated heterocycles. The van der Waals surface area contributed by atoms with Gasteiger partial charge >= 0.3 is 0 Å². The van der Waals surface area contributed by atoms with Gasteiger partial charge in [0.2, 0.25) is 0 Å². The Morgan fingerprint density at radius 3 is 3.06 bits per heavy atom. The molecular weight excluding hydrogens is 226 g/mol. The molecule has 0 spiro atoms. The Labute approximate surface area is 106 Å². The molecule has 0 aliphatic carbocycles. The second kappa shape index (κ2) is 4.46. The molecule has 1 fully saturated rings. The van der Waals surface area contributed by atoms with Crippen molar-refractivity contribution in [1.29, 1.82) is 0 Å². The maximum absolute atomic E-state index is 5.82. The van der Waals surface area contributed by atoms with E-state index in [1.165, 1.54) is 0 Å². The van der Waals surface area contributed by atoms with Crippen molar-refractivity contribution in [3.8, 4) is 0 Å². The minimum absolute atomic E-state index is 0.316. The molecule has 0 unspecified atom stereocenters. The molecule has 2 heterocycles. The Bertz CT molecular complexity index is 570. The predicted octanol–water partition coefficient (Wildman–Crippen LogP) is 2.04. The average Bonchev–Trinajstić information content (AvgIpc) is 2.86. The van der Waals surface area contributed by atoms with E-state index in [1.807, 2.05) is 30.5 Å². The quantitative estimate of drug-likeness (QED) is 0.820. The fourth-order valence-electron chi connectivity index (χ4n) is 2.55. The van der Waals surface area contributed by atoms with Crippen molar-refractivity contribution >= 4 is 22.3 Å². The second-order valence-electron chi connectivity index (χ2n) is 4.71. The number of ether oxygens (including phenoxy) is 1. The van der Waals surface area contributed by atoms with Gasteiger partial charge in [-0.15, -0.1) is 0 Å². The molecule has 1 aliphatic heterocycles. The van der Waals surface area contributed by atoms with E-state index in [-0.39, 0.29) is 0 Å². The molecule has 2 aromatic rings. The highest BCUT2D eigenvalue weighted by molar-refractivity contribution is 5.94.